The fraction of sp³-hybridized carbons (Fsp3) is 0.333. The van der Waals surface area contributed by atoms with E-state index in [1.807, 2.05) is 31.3 Å². The van der Waals surface area contributed by atoms with Gasteiger partial charge < -0.3 is 15.7 Å². The topological polar surface area (TPSA) is 79.2 Å². The third kappa shape index (κ3) is 4.40. The Morgan fingerprint density at radius 3 is 2.52 bits per heavy atom. The molecule has 0 radical (unpaired) electrons. The minimum Gasteiger partial charge on any atom is -0.392 e. The number of nitrogens with zero attached hydrogens (tertiary/aromatic N) is 2. The zero-order valence-corrected chi connectivity index (χ0v) is 12.0. The minimum atomic E-state index is -0.143. The lowest BCUT2D eigenvalue weighted by molar-refractivity contribution is 0.282. The lowest BCUT2D eigenvalue weighted by atomic mass is 10.1. The monoisotopic (exact) mass is 288 g/mol. The van der Waals surface area contributed by atoms with Gasteiger partial charge >= 0.3 is 0 Å². The van der Waals surface area contributed by atoms with Crippen LogP contribution in [0.15, 0.2) is 41.3 Å². The van der Waals surface area contributed by atoms with Gasteiger partial charge in [0.1, 0.15) is 0 Å². The van der Waals surface area contributed by atoms with Crippen LogP contribution < -0.4 is 16.2 Å². The number of hydrogen-bond donors (Lipinski definition) is 3. The Hall–Kier alpha value is -2.18. The molecule has 0 bridgehead atoms. The van der Waals surface area contributed by atoms with Crippen LogP contribution in [0.2, 0.25) is 0 Å². The Kier molecular flexibility index (Phi) is 5.48. The van der Waals surface area contributed by atoms with Crippen LogP contribution in [0.25, 0.3) is 0 Å². The fourth-order valence-electron chi connectivity index (χ4n) is 1.90. The van der Waals surface area contributed by atoms with Gasteiger partial charge in [0.2, 0.25) is 0 Å². The molecule has 2 aromatic rings. The SMILES string of the molecule is CNCCNc1cnn(Cc2ccc(CO)cc2)c(=O)c1. The summed E-state index contributed by atoms with van der Waals surface area (Å²) in [5.74, 6) is 0. The molecular formula is C15H20N4O2. The van der Waals surface area contributed by atoms with Crippen LogP contribution in [0, 0.1) is 0 Å². The zero-order valence-electron chi connectivity index (χ0n) is 12.0. The van der Waals surface area contributed by atoms with E-state index >= 15 is 0 Å². The van der Waals surface area contributed by atoms with Crippen LogP contribution in [-0.4, -0.2) is 35.0 Å². The van der Waals surface area contributed by atoms with Gasteiger partial charge in [-0.3, -0.25) is 4.79 Å². The van der Waals surface area contributed by atoms with Gasteiger partial charge in [0, 0.05) is 19.2 Å². The molecule has 6 nitrogen and oxygen atoms in total. The van der Waals surface area contributed by atoms with Crippen molar-refractivity contribution in [1.29, 1.82) is 0 Å². The first kappa shape index (κ1) is 15.2. The van der Waals surface area contributed by atoms with Crippen molar-refractivity contribution in [2.45, 2.75) is 13.2 Å². The van der Waals surface area contributed by atoms with E-state index < -0.39 is 0 Å². The first-order valence-electron chi connectivity index (χ1n) is 6.87. The molecule has 0 saturated carbocycles. The number of rotatable bonds is 7. The lowest BCUT2D eigenvalue weighted by Gasteiger charge is -2.08. The summed E-state index contributed by atoms with van der Waals surface area (Å²) in [6.07, 6.45) is 1.65. The summed E-state index contributed by atoms with van der Waals surface area (Å²) < 4.78 is 1.41. The van der Waals surface area contributed by atoms with Gasteiger partial charge in [0.15, 0.2) is 0 Å². The Bertz CT molecular complexity index is 622. The van der Waals surface area contributed by atoms with Crippen molar-refractivity contribution in [1.82, 2.24) is 15.1 Å². The summed E-state index contributed by atoms with van der Waals surface area (Å²) in [7, 11) is 1.87. The molecule has 6 heteroatoms. The maximum atomic E-state index is 12.0. The van der Waals surface area contributed by atoms with E-state index in [-0.39, 0.29) is 12.2 Å². The first-order valence-corrected chi connectivity index (χ1v) is 6.87. The van der Waals surface area contributed by atoms with Gasteiger partial charge in [-0.1, -0.05) is 24.3 Å². The molecular weight excluding hydrogens is 268 g/mol. The van der Waals surface area contributed by atoms with Crippen molar-refractivity contribution >= 4 is 5.69 Å². The van der Waals surface area contributed by atoms with E-state index in [0.29, 0.717) is 6.54 Å². The van der Waals surface area contributed by atoms with Crippen LogP contribution in [0.4, 0.5) is 5.69 Å². The zero-order chi connectivity index (χ0) is 15.1. The van der Waals surface area contributed by atoms with Crippen molar-refractivity contribution in [3.05, 3.63) is 58.0 Å². The second-order valence-corrected chi connectivity index (χ2v) is 4.75. The number of aliphatic hydroxyl groups is 1. The second-order valence-electron chi connectivity index (χ2n) is 4.75. The molecule has 0 fully saturated rings. The fourth-order valence-corrected chi connectivity index (χ4v) is 1.90. The summed E-state index contributed by atoms with van der Waals surface area (Å²) in [6.45, 7) is 2.00. The smallest absolute Gasteiger partial charge is 0.269 e. The Morgan fingerprint density at radius 2 is 1.90 bits per heavy atom. The van der Waals surface area contributed by atoms with Crippen molar-refractivity contribution in [3.8, 4) is 0 Å². The third-order valence-corrected chi connectivity index (χ3v) is 3.11. The van der Waals surface area contributed by atoms with Crippen LogP contribution in [0.3, 0.4) is 0 Å². The van der Waals surface area contributed by atoms with Crippen LogP contribution >= 0.6 is 0 Å². The standard InChI is InChI=1S/C15H20N4O2/c1-16-6-7-17-14-8-15(21)19(18-9-14)10-12-2-4-13(11-20)5-3-12/h2-5,8-9,16-17,20H,6-7,10-11H2,1H3. The average molecular weight is 288 g/mol. The number of aliphatic hydroxyl groups excluding tert-OH is 1. The molecule has 1 heterocycles. The van der Waals surface area contributed by atoms with Crippen molar-refractivity contribution in [2.24, 2.45) is 0 Å². The maximum absolute atomic E-state index is 12.0. The van der Waals surface area contributed by atoms with Gasteiger partial charge in [0.25, 0.3) is 5.56 Å². The highest BCUT2D eigenvalue weighted by Crippen LogP contribution is 2.06. The lowest BCUT2D eigenvalue weighted by Crippen LogP contribution is -2.24. The Balaban J connectivity index is 2.04. The molecule has 2 rings (SSSR count). The predicted octanol–water partition coefficient (Wildman–Crippen LogP) is 0.415. The first-order chi connectivity index (χ1) is 10.2. The average Bonchev–Trinajstić information content (AvgIpc) is 2.51. The second kappa shape index (κ2) is 7.56. The molecule has 0 amide bonds. The van der Waals surface area contributed by atoms with E-state index in [4.69, 9.17) is 5.11 Å². The van der Waals surface area contributed by atoms with Crippen LogP contribution in [0.5, 0.6) is 0 Å². The maximum Gasteiger partial charge on any atom is 0.269 e. The van der Waals surface area contributed by atoms with Crippen molar-refractivity contribution in [2.75, 3.05) is 25.5 Å². The Labute approximate surface area is 123 Å². The highest BCUT2D eigenvalue weighted by atomic mass is 16.3. The van der Waals surface area contributed by atoms with Crippen molar-refractivity contribution < 1.29 is 5.11 Å². The summed E-state index contributed by atoms with van der Waals surface area (Å²) >= 11 is 0. The molecule has 0 saturated heterocycles. The number of anilines is 1. The highest BCUT2D eigenvalue weighted by molar-refractivity contribution is 5.38. The molecule has 0 aliphatic heterocycles. The molecule has 0 unspecified atom stereocenters. The van der Waals surface area contributed by atoms with Gasteiger partial charge in [0.05, 0.1) is 25.0 Å². The molecule has 1 aromatic heterocycles. The summed E-state index contributed by atoms with van der Waals surface area (Å²) in [4.78, 5) is 12.0. The number of likely N-dealkylation sites (N-methyl/N-ethyl adjacent to an activating group) is 1. The summed E-state index contributed by atoms with van der Waals surface area (Å²) in [6, 6.07) is 9.00. The van der Waals surface area contributed by atoms with Crippen molar-refractivity contribution in [3.63, 3.8) is 0 Å². The van der Waals surface area contributed by atoms with Gasteiger partial charge in [-0.2, -0.15) is 5.10 Å². The molecule has 0 aliphatic rings. The third-order valence-electron chi connectivity index (χ3n) is 3.11. The van der Waals surface area contributed by atoms with Crippen LogP contribution in [-0.2, 0) is 13.2 Å². The molecule has 0 spiro atoms. The minimum absolute atomic E-state index is 0.0193. The van der Waals surface area contributed by atoms with E-state index in [1.54, 1.807) is 12.3 Å². The highest BCUT2D eigenvalue weighted by Gasteiger charge is 2.01. The number of hydrogen-bond acceptors (Lipinski definition) is 5. The largest absolute Gasteiger partial charge is 0.392 e. The van der Waals surface area contributed by atoms with E-state index in [2.05, 4.69) is 15.7 Å². The van der Waals surface area contributed by atoms with Gasteiger partial charge in [-0.05, 0) is 18.2 Å². The molecule has 21 heavy (non-hydrogen) atoms. The summed E-state index contributed by atoms with van der Waals surface area (Å²) in [5.41, 5.74) is 2.40. The van der Waals surface area contributed by atoms with Crippen LogP contribution in [0.1, 0.15) is 11.1 Å². The van der Waals surface area contributed by atoms with E-state index in [1.165, 1.54) is 4.68 Å². The number of benzene rings is 1. The quantitative estimate of drug-likeness (QED) is 0.643. The molecule has 3 N–H and O–H groups in total. The normalized spacial score (nSPS) is 10.6. The van der Waals surface area contributed by atoms with Gasteiger partial charge in [-0.25, -0.2) is 4.68 Å². The number of nitrogens with one attached hydrogen (secondary N) is 2. The molecule has 0 aliphatic carbocycles. The van der Waals surface area contributed by atoms with E-state index in [0.717, 1.165) is 29.9 Å². The Morgan fingerprint density at radius 1 is 1.19 bits per heavy atom. The van der Waals surface area contributed by atoms with E-state index in [9.17, 15) is 4.79 Å². The van der Waals surface area contributed by atoms with Gasteiger partial charge in [-0.15, -0.1) is 0 Å². The predicted molar refractivity (Wildman–Crippen MR) is 82.4 cm³/mol. The molecule has 112 valence electrons. The summed E-state index contributed by atoms with van der Waals surface area (Å²) in [5, 5.41) is 19.3. The number of aromatic nitrogens is 2. The molecule has 1 aromatic carbocycles. The molecule has 0 atom stereocenters.